The van der Waals surface area contributed by atoms with E-state index in [2.05, 4.69) is 26.9 Å². The second-order valence-electron chi connectivity index (χ2n) is 5.33. The van der Waals surface area contributed by atoms with Gasteiger partial charge >= 0.3 is 0 Å². The van der Waals surface area contributed by atoms with Gasteiger partial charge in [-0.3, -0.25) is 9.67 Å². The number of hydrogen-bond acceptors (Lipinski definition) is 3. The molecule has 0 aliphatic heterocycles. The fourth-order valence-corrected chi connectivity index (χ4v) is 2.19. The van der Waals surface area contributed by atoms with Gasteiger partial charge in [-0.25, -0.2) is 0 Å². The van der Waals surface area contributed by atoms with E-state index in [1.54, 1.807) is 14.2 Å². The Morgan fingerprint density at radius 2 is 2.00 bits per heavy atom. The highest BCUT2D eigenvalue weighted by molar-refractivity contribution is 14.0. The molecule has 2 rings (SSSR count). The van der Waals surface area contributed by atoms with E-state index in [0.717, 1.165) is 37.8 Å². The van der Waals surface area contributed by atoms with Gasteiger partial charge in [-0.15, -0.1) is 24.0 Å². The Balaban J connectivity index is 0.00000288. The number of aliphatic imine (C=N–C) groups is 1. The van der Waals surface area contributed by atoms with Crippen molar-refractivity contribution in [3.63, 3.8) is 0 Å². The van der Waals surface area contributed by atoms with Crippen LogP contribution in [-0.2, 0) is 13.1 Å². The molecule has 1 aromatic heterocycles. The molecule has 1 aromatic carbocycles. The van der Waals surface area contributed by atoms with E-state index < -0.39 is 0 Å². The molecular formula is C17H26IN5O. The van der Waals surface area contributed by atoms with Gasteiger partial charge in [-0.1, -0.05) is 12.1 Å². The van der Waals surface area contributed by atoms with E-state index in [4.69, 9.17) is 4.74 Å². The van der Waals surface area contributed by atoms with Crippen LogP contribution in [0, 0.1) is 6.92 Å². The first kappa shape index (κ1) is 20.3. The lowest BCUT2D eigenvalue weighted by Crippen LogP contribution is -2.37. The van der Waals surface area contributed by atoms with Crippen molar-refractivity contribution in [1.29, 1.82) is 0 Å². The minimum atomic E-state index is 0. The zero-order valence-electron chi connectivity index (χ0n) is 14.5. The van der Waals surface area contributed by atoms with Crippen molar-refractivity contribution in [2.45, 2.75) is 26.4 Å². The highest BCUT2D eigenvalue weighted by Gasteiger charge is 1.99. The van der Waals surface area contributed by atoms with Gasteiger partial charge in [0.1, 0.15) is 5.75 Å². The first-order valence-corrected chi connectivity index (χ1v) is 7.78. The van der Waals surface area contributed by atoms with Crippen LogP contribution in [0.2, 0.25) is 0 Å². The molecule has 0 saturated carbocycles. The summed E-state index contributed by atoms with van der Waals surface area (Å²) in [6, 6.07) is 8.00. The molecule has 0 saturated heterocycles. The zero-order chi connectivity index (χ0) is 16.5. The summed E-state index contributed by atoms with van der Waals surface area (Å²) < 4.78 is 7.12. The summed E-state index contributed by atoms with van der Waals surface area (Å²) in [6.07, 6.45) is 4.92. The van der Waals surface area contributed by atoms with Crippen molar-refractivity contribution < 1.29 is 4.74 Å². The van der Waals surface area contributed by atoms with Crippen LogP contribution in [0.4, 0.5) is 0 Å². The number of ether oxygens (including phenoxy) is 1. The average molecular weight is 443 g/mol. The van der Waals surface area contributed by atoms with Crippen LogP contribution in [0.3, 0.4) is 0 Å². The van der Waals surface area contributed by atoms with Gasteiger partial charge in [-0.2, -0.15) is 5.10 Å². The molecule has 0 spiro atoms. The third-order valence-electron chi connectivity index (χ3n) is 3.46. The Morgan fingerprint density at radius 3 is 2.58 bits per heavy atom. The number of aryl methyl sites for hydroxylation is 2. The summed E-state index contributed by atoms with van der Waals surface area (Å²) in [5.41, 5.74) is 2.37. The van der Waals surface area contributed by atoms with Crippen molar-refractivity contribution >= 4 is 29.9 Å². The number of aromatic nitrogens is 2. The second-order valence-corrected chi connectivity index (χ2v) is 5.33. The molecular weight excluding hydrogens is 417 g/mol. The van der Waals surface area contributed by atoms with E-state index in [1.165, 1.54) is 11.1 Å². The van der Waals surface area contributed by atoms with E-state index in [1.807, 2.05) is 42.1 Å². The van der Waals surface area contributed by atoms with Gasteiger partial charge in [0.05, 0.1) is 13.3 Å². The van der Waals surface area contributed by atoms with Crippen molar-refractivity contribution in [2.24, 2.45) is 4.99 Å². The van der Waals surface area contributed by atoms with Crippen LogP contribution in [0.25, 0.3) is 0 Å². The number of methoxy groups -OCH3 is 1. The summed E-state index contributed by atoms with van der Waals surface area (Å²) in [5.74, 6) is 1.67. The third-order valence-corrected chi connectivity index (χ3v) is 3.46. The van der Waals surface area contributed by atoms with E-state index in [-0.39, 0.29) is 24.0 Å². The third kappa shape index (κ3) is 6.77. The van der Waals surface area contributed by atoms with Crippen molar-refractivity contribution in [3.8, 4) is 5.75 Å². The number of rotatable bonds is 7. The number of guanidine groups is 1. The summed E-state index contributed by atoms with van der Waals surface area (Å²) in [6.45, 7) is 4.52. The van der Waals surface area contributed by atoms with Crippen LogP contribution >= 0.6 is 24.0 Å². The molecule has 7 heteroatoms. The minimum Gasteiger partial charge on any atom is -0.497 e. The number of hydrogen-bond donors (Lipinski definition) is 2. The molecule has 2 N–H and O–H groups in total. The van der Waals surface area contributed by atoms with E-state index in [9.17, 15) is 0 Å². The van der Waals surface area contributed by atoms with E-state index in [0.29, 0.717) is 0 Å². The Labute approximate surface area is 160 Å². The molecule has 0 bridgehead atoms. The molecule has 0 aliphatic rings. The van der Waals surface area contributed by atoms with Gasteiger partial charge in [-0.05, 0) is 36.6 Å². The maximum absolute atomic E-state index is 5.16. The second kappa shape index (κ2) is 10.9. The maximum atomic E-state index is 5.16. The summed E-state index contributed by atoms with van der Waals surface area (Å²) >= 11 is 0. The van der Waals surface area contributed by atoms with Crippen molar-refractivity contribution in [3.05, 3.63) is 47.8 Å². The largest absolute Gasteiger partial charge is 0.497 e. The summed E-state index contributed by atoms with van der Waals surface area (Å²) in [5, 5.41) is 10.9. The lowest BCUT2D eigenvalue weighted by atomic mass is 10.2. The smallest absolute Gasteiger partial charge is 0.191 e. The molecule has 0 radical (unpaired) electrons. The monoisotopic (exact) mass is 443 g/mol. The van der Waals surface area contributed by atoms with Gasteiger partial charge < -0.3 is 15.4 Å². The van der Waals surface area contributed by atoms with Crippen LogP contribution < -0.4 is 15.4 Å². The Hall–Kier alpha value is -1.77. The maximum Gasteiger partial charge on any atom is 0.191 e. The quantitative estimate of drug-likeness (QED) is 0.299. The molecule has 0 atom stereocenters. The molecule has 6 nitrogen and oxygen atoms in total. The number of nitrogens with zero attached hydrogens (tertiary/aromatic N) is 3. The van der Waals surface area contributed by atoms with Crippen LogP contribution in [-0.4, -0.2) is 36.4 Å². The SMILES string of the molecule is CN=C(NCCCn1cc(C)cn1)NCc1ccc(OC)cc1.I. The highest BCUT2D eigenvalue weighted by atomic mass is 127. The van der Waals surface area contributed by atoms with Crippen LogP contribution in [0.5, 0.6) is 5.75 Å². The minimum absolute atomic E-state index is 0. The fourth-order valence-electron chi connectivity index (χ4n) is 2.19. The topological polar surface area (TPSA) is 63.5 Å². The first-order valence-electron chi connectivity index (χ1n) is 7.78. The van der Waals surface area contributed by atoms with Gasteiger partial charge in [0.2, 0.25) is 0 Å². The van der Waals surface area contributed by atoms with Crippen molar-refractivity contribution in [1.82, 2.24) is 20.4 Å². The lowest BCUT2D eigenvalue weighted by Gasteiger charge is -2.12. The Kier molecular flexibility index (Phi) is 9.21. The standard InChI is InChI=1S/C17H25N5O.HI/c1-14-11-21-22(13-14)10-4-9-19-17(18-2)20-12-15-5-7-16(23-3)8-6-15;/h5-8,11,13H,4,9-10,12H2,1-3H3,(H2,18,19,20);1H. The van der Waals surface area contributed by atoms with Gasteiger partial charge in [0.25, 0.3) is 0 Å². The molecule has 24 heavy (non-hydrogen) atoms. The van der Waals surface area contributed by atoms with Crippen LogP contribution in [0.1, 0.15) is 17.5 Å². The van der Waals surface area contributed by atoms with Crippen molar-refractivity contribution in [2.75, 3.05) is 20.7 Å². The van der Waals surface area contributed by atoms with Crippen LogP contribution in [0.15, 0.2) is 41.7 Å². The predicted molar refractivity (Wildman–Crippen MR) is 108 cm³/mol. The van der Waals surface area contributed by atoms with E-state index >= 15 is 0 Å². The summed E-state index contributed by atoms with van der Waals surface area (Å²) in [7, 11) is 3.45. The molecule has 2 aromatic rings. The first-order chi connectivity index (χ1) is 11.2. The van der Waals surface area contributed by atoms with Gasteiger partial charge in [0, 0.05) is 32.9 Å². The average Bonchev–Trinajstić information content (AvgIpc) is 3.00. The fraction of sp³-hybridized carbons (Fsp3) is 0.412. The number of benzene rings is 1. The zero-order valence-corrected chi connectivity index (χ0v) is 16.8. The number of halogens is 1. The van der Waals surface area contributed by atoms with Gasteiger partial charge in [0.15, 0.2) is 5.96 Å². The molecule has 0 amide bonds. The lowest BCUT2D eigenvalue weighted by molar-refractivity contribution is 0.414. The molecule has 0 unspecified atom stereocenters. The molecule has 0 aliphatic carbocycles. The number of nitrogens with one attached hydrogen (secondary N) is 2. The summed E-state index contributed by atoms with van der Waals surface area (Å²) in [4.78, 5) is 4.23. The Bertz CT molecular complexity index is 624. The Morgan fingerprint density at radius 1 is 1.25 bits per heavy atom. The molecule has 1 heterocycles. The molecule has 0 fully saturated rings. The molecule has 132 valence electrons. The normalized spacial score (nSPS) is 10.9. The highest BCUT2D eigenvalue weighted by Crippen LogP contribution is 2.10. The predicted octanol–water partition coefficient (Wildman–Crippen LogP) is 2.57.